The zero-order valence-corrected chi connectivity index (χ0v) is 12.8. The fraction of sp³-hybridized carbons (Fsp3) is 0.200. The Labute approximate surface area is 126 Å². The highest BCUT2D eigenvalue weighted by Gasteiger charge is 2.03. The number of thiazole rings is 2. The second-order valence-corrected chi connectivity index (χ2v) is 6.44. The molecule has 0 bridgehead atoms. The van der Waals surface area contributed by atoms with E-state index < -0.39 is 0 Å². The van der Waals surface area contributed by atoms with Gasteiger partial charge in [0.15, 0.2) is 0 Å². The molecule has 102 valence electrons. The van der Waals surface area contributed by atoms with E-state index in [2.05, 4.69) is 46.5 Å². The molecule has 2 aromatic heterocycles. The first kappa shape index (κ1) is 13.3. The van der Waals surface area contributed by atoms with Gasteiger partial charge in [0.25, 0.3) is 0 Å². The van der Waals surface area contributed by atoms with Gasteiger partial charge in [0, 0.05) is 33.9 Å². The second-order valence-electron chi connectivity index (χ2n) is 4.35. The van der Waals surface area contributed by atoms with Gasteiger partial charge in [0.05, 0.1) is 11.6 Å². The van der Waals surface area contributed by atoms with Crippen LogP contribution in [0.4, 0.5) is 5.69 Å². The minimum atomic E-state index is 0.818. The minimum absolute atomic E-state index is 0.818. The average Bonchev–Trinajstić information content (AvgIpc) is 3.17. The molecule has 0 aliphatic rings. The van der Waals surface area contributed by atoms with E-state index in [9.17, 15) is 0 Å². The van der Waals surface area contributed by atoms with Crippen LogP contribution in [0.15, 0.2) is 42.0 Å². The molecule has 2 heterocycles. The predicted octanol–water partition coefficient (Wildman–Crippen LogP) is 4.44. The lowest BCUT2D eigenvalue weighted by atomic mass is 10.2. The van der Waals surface area contributed by atoms with E-state index in [1.54, 1.807) is 22.7 Å². The van der Waals surface area contributed by atoms with Crippen molar-refractivity contribution in [2.45, 2.75) is 19.9 Å². The first-order chi connectivity index (χ1) is 9.85. The maximum atomic E-state index is 4.38. The third kappa shape index (κ3) is 3.05. The fourth-order valence-electron chi connectivity index (χ4n) is 1.91. The van der Waals surface area contributed by atoms with Gasteiger partial charge >= 0.3 is 0 Å². The highest BCUT2D eigenvalue weighted by atomic mass is 32.1. The summed E-state index contributed by atoms with van der Waals surface area (Å²) in [6, 6.07) is 8.37. The highest BCUT2D eigenvalue weighted by Crippen LogP contribution is 2.25. The fourth-order valence-corrected chi connectivity index (χ4v) is 3.35. The van der Waals surface area contributed by atoms with Gasteiger partial charge in [-0.15, -0.1) is 22.7 Å². The molecule has 0 unspecified atom stereocenters. The van der Waals surface area contributed by atoms with Crippen LogP contribution < -0.4 is 5.32 Å². The molecule has 1 N–H and O–H groups in total. The zero-order chi connectivity index (χ0) is 13.8. The number of rotatable bonds is 5. The van der Waals surface area contributed by atoms with Gasteiger partial charge in [-0.05, 0) is 18.6 Å². The van der Waals surface area contributed by atoms with Crippen molar-refractivity contribution < 1.29 is 0 Å². The molecule has 0 atom stereocenters. The molecule has 5 heteroatoms. The van der Waals surface area contributed by atoms with E-state index in [4.69, 9.17) is 0 Å². The van der Waals surface area contributed by atoms with Crippen LogP contribution in [0.5, 0.6) is 0 Å². The quantitative estimate of drug-likeness (QED) is 0.757. The molecular weight excluding hydrogens is 286 g/mol. The molecule has 3 aromatic rings. The summed E-state index contributed by atoms with van der Waals surface area (Å²) in [5.41, 5.74) is 2.27. The van der Waals surface area contributed by atoms with E-state index in [0.29, 0.717) is 0 Å². The van der Waals surface area contributed by atoms with Gasteiger partial charge in [-0.1, -0.05) is 19.1 Å². The van der Waals surface area contributed by atoms with Crippen molar-refractivity contribution in [1.82, 2.24) is 9.97 Å². The van der Waals surface area contributed by atoms with Crippen LogP contribution in [0.2, 0.25) is 0 Å². The molecule has 0 fully saturated rings. The average molecular weight is 301 g/mol. The van der Waals surface area contributed by atoms with Crippen LogP contribution in [0.1, 0.15) is 16.8 Å². The molecule has 0 saturated heterocycles. The highest BCUT2D eigenvalue weighted by molar-refractivity contribution is 7.13. The van der Waals surface area contributed by atoms with Gasteiger partial charge < -0.3 is 5.32 Å². The minimum Gasteiger partial charge on any atom is -0.380 e. The summed E-state index contributed by atoms with van der Waals surface area (Å²) in [5, 5.41) is 7.70. The number of hydrogen-bond donors (Lipinski definition) is 1. The van der Waals surface area contributed by atoms with Crippen LogP contribution in [0.3, 0.4) is 0 Å². The number of nitrogens with one attached hydrogen (secondary N) is 1. The number of aryl methyl sites for hydroxylation is 1. The standard InChI is InChI=1S/C15H15N3S2/c1-2-14-18-10-13(20-14)9-17-12-5-3-4-11(8-12)15-16-6-7-19-15/h3-8,10,17H,2,9H2,1H3. The number of benzene rings is 1. The number of nitrogens with zero attached hydrogens (tertiary/aromatic N) is 2. The molecule has 20 heavy (non-hydrogen) atoms. The van der Waals surface area contributed by atoms with Gasteiger partial charge in [0.1, 0.15) is 5.01 Å². The molecule has 3 rings (SSSR count). The van der Waals surface area contributed by atoms with Crippen molar-refractivity contribution in [2.24, 2.45) is 0 Å². The third-order valence-electron chi connectivity index (χ3n) is 2.91. The zero-order valence-electron chi connectivity index (χ0n) is 11.2. The molecule has 0 spiro atoms. The molecular formula is C15H15N3S2. The van der Waals surface area contributed by atoms with Gasteiger partial charge in [-0.25, -0.2) is 9.97 Å². The summed E-state index contributed by atoms with van der Waals surface area (Å²) in [7, 11) is 0. The van der Waals surface area contributed by atoms with Crippen molar-refractivity contribution in [3.8, 4) is 10.6 Å². The molecule has 0 saturated carbocycles. The van der Waals surface area contributed by atoms with Crippen LogP contribution in [-0.4, -0.2) is 9.97 Å². The molecule has 0 amide bonds. The van der Waals surface area contributed by atoms with E-state index >= 15 is 0 Å². The van der Waals surface area contributed by atoms with E-state index in [0.717, 1.165) is 29.2 Å². The first-order valence-electron chi connectivity index (χ1n) is 6.52. The number of anilines is 1. The Kier molecular flexibility index (Phi) is 4.08. The molecule has 1 aromatic carbocycles. The summed E-state index contributed by atoms with van der Waals surface area (Å²) in [4.78, 5) is 9.98. The van der Waals surface area contributed by atoms with Crippen molar-refractivity contribution >= 4 is 28.4 Å². The van der Waals surface area contributed by atoms with Gasteiger partial charge in [-0.2, -0.15) is 0 Å². The summed E-state index contributed by atoms with van der Waals surface area (Å²) in [6.07, 6.45) is 4.80. The summed E-state index contributed by atoms with van der Waals surface area (Å²) in [6.45, 7) is 2.95. The SMILES string of the molecule is CCc1ncc(CNc2cccc(-c3nccs3)c2)s1. The first-order valence-corrected chi connectivity index (χ1v) is 8.22. The normalized spacial score (nSPS) is 10.7. The Balaban J connectivity index is 1.70. The molecule has 3 nitrogen and oxygen atoms in total. The van der Waals surface area contributed by atoms with Gasteiger partial charge in [-0.3, -0.25) is 0 Å². The lowest BCUT2D eigenvalue weighted by Gasteiger charge is -2.06. The Morgan fingerprint density at radius 2 is 2.20 bits per heavy atom. The largest absolute Gasteiger partial charge is 0.380 e. The Morgan fingerprint density at radius 1 is 1.25 bits per heavy atom. The van der Waals surface area contributed by atoms with Crippen LogP contribution >= 0.6 is 22.7 Å². The van der Waals surface area contributed by atoms with Crippen LogP contribution in [0.25, 0.3) is 10.6 Å². The summed E-state index contributed by atoms with van der Waals surface area (Å²) < 4.78 is 0. The van der Waals surface area contributed by atoms with Crippen LogP contribution in [0, 0.1) is 0 Å². The topological polar surface area (TPSA) is 37.8 Å². The maximum absolute atomic E-state index is 4.38. The van der Waals surface area contributed by atoms with Gasteiger partial charge in [0.2, 0.25) is 0 Å². The molecule has 0 aliphatic carbocycles. The monoisotopic (exact) mass is 301 g/mol. The Bertz CT molecular complexity index is 674. The maximum Gasteiger partial charge on any atom is 0.123 e. The second kappa shape index (κ2) is 6.15. The molecule has 0 aliphatic heterocycles. The third-order valence-corrected chi connectivity index (χ3v) is 4.88. The number of aromatic nitrogens is 2. The van der Waals surface area contributed by atoms with E-state index in [-0.39, 0.29) is 0 Å². The number of hydrogen-bond acceptors (Lipinski definition) is 5. The lowest BCUT2D eigenvalue weighted by molar-refractivity contribution is 1.09. The lowest BCUT2D eigenvalue weighted by Crippen LogP contribution is -1.97. The Hall–Kier alpha value is -1.72. The smallest absolute Gasteiger partial charge is 0.123 e. The van der Waals surface area contributed by atoms with Crippen LogP contribution in [-0.2, 0) is 13.0 Å². The van der Waals surface area contributed by atoms with Crippen molar-refractivity contribution in [1.29, 1.82) is 0 Å². The van der Waals surface area contributed by atoms with Crippen molar-refractivity contribution in [3.05, 3.63) is 51.9 Å². The summed E-state index contributed by atoms with van der Waals surface area (Å²) in [5.74, 6) is 0. The van der Waals surface area contributed by atoms with E-state index in [1.807, 2.05) is 17.8 Å². The summed E-state index contributed by atoms with van der Waals surface area (Å²) >= 11 is 3.43. The van der Waals surface area contributed by atoms with Crippen molar-refractivity contribution in [3.63, 3.8) is 0 Å². The van der Waals surface area contributed by atoms with Crippen molar-refractivity contribution in [2.75, 3.05) is 5.32 Å². The van der Waals surface area contributed by atoms with E-state index in [1.165, 1.54) is 9.88 Å². The molecule has 0 radical (unpaired) electrons. The Morgan fingerprint density at radius 3 is 2.95 bits per heavy atom. The predicted molar refractivity (Wildman–Crippen MR) is 86.4 cm³/mol.